The van der Waals surface area contributed by atoms with Gasteiger partial charge in [-0.15, -0.1) is 22.7 Å². The van der Waals surface area contributed by atoms with Crippen LogP contribution in [0.2, 0.25) is 0 Å². The van der Waals surface area contributed by atoms with Gasteiger partial charge in [-0.05, 0) is 56.0 Å². The van der Waals surface area contributed by atoms with E-state index in [2.05, 4.69) is 4.98 Å². The van der Waals surface area contributed by atoms with Gasteiger partial charge in [0.05, 0.1) is 19.4 Å². The minimum Gasteiger partial charge on any atom is -0.493 e. The zero-order chi connectivity index (χ0) is 19.5. The number of hydrogen-bond acceptors (Lipinski definition) is 7. The van der Waals surface area contributed by atoms with Crippen LogP contribution in [-0.4, -0.2) is 24.7 Å². The Bertz CT molecular complexity index is 971. The normalized spacial score (nSPS) is 12.6. The maximum absolute atomic E-state index is 12.3. The number of aromatic nitrogens is 1. The maximum Gasteiger partial charge on any atom is 0.348 e. The maximum atomic E-state index is 12.3. The lowest BCUT2D eigenvalue weighted by molar-refractivity contribution is 0.0474. The molecule has 3 aromatic rings. The number of carbonyl (C=O) groups is 1. The molecule has 146 valence electrons. The second-order valence-electron chi connectivity index (χ2n) is 6.43. The minimum atomic E-state index is -0.267. The summed E-state index contributed by atoms with van der Waals surface area (Å²) in [5.41, 5.74) is 2.99. The predicted octanol–water partition coefficient (Wildman–Crippen LogP) is 5.12. The van der Waals surface area contributed by atoms with E-state index in [0.717, 1.165) is 29.1 Å². The first-order valence-electron chi connectivity index (χ1n) is 9.22. The molecule has 0 aliphatic heterocycles. The third kappa shape index (κ3) is 3.91. The highest BCUT2D eigenvalue weighted by Gasteiger charge is 2.19. The average molecular weight is 416 g/mol. The van der Waals surface area contributed by atoms with Crippen LogP contribution in [-0.2, 0) is 24.2 Å². The Balaban J connectivity index is 1.42. The molecule has 0 fully saturated rings. The molecule has 2 heterocycles. The average Bonchev–Trinajstić information content (AvgIpc) is 3.42. The zero-order valence-electron chi connectivity index (χ0n) is 15.8. The first-order chi connectivity index (χ1) is 13.7. The Morgan fingerprint density at radius 3 is 2.89 bits per heavy atom. The third-order valence-electron chi connectivity index (χ3n) is 4.56. The van der Waals surface area contributed by atoms with Gasteiger partial charge in [0.25, 0.3) is 0 Å². The van der Waals surface area contributed by atoms with Gasteiger partial charge in [0, 0.05) is 15.8 Å². The fourth-order valence-corrected chi connectivity index (χ4v) is 5.17. The number of aryl methyl sites for hydroxylation is 2. The van der Waals surface area contributed by atoms with Crippen LogP contribution in [0.1, 0.15) is 39.2 Å². The van der Waals surface area contributed by atoms with Crippen molar-refractivity contribution >= 4 is 28.6 Å². The number of thiophene rings is 1. The van der Waals surface area contributed by atoms with Crippen LogP contribution in [0.4, 0.5) is 0 Å². The van der Waals surface area contributed by atoms with Gasteiger partial charge in [0.1, 0.15) is 16.5 Å². The number of methoxy groups -OCH3 is 1. The molecular weight excluding hydrogens is 394 g/mol. The van der Waals surface area contributed by atoms with E-state index >= 15 is 0 Å². The number of hydrogen-bond donors (Lipinski definition) is 0. The van der Waals surface area contributed by atoms with Crippen molar-refractivity contribution in [1.82, 2.24) is 4.98 Å². The number of carbonyl (C=O) groups excluding carboxylic acids is 1. The Hall–Kier alpha value is -2.38. The highest BCUT2D eigenvalue weighted by Crippen LogP contribution is 2.34. The second kappa shape index (κ2) is 8.32. The fraction of sp³-hybridized carbons (Fsp3) is 0.333. The van der Waals surface area contributed by atoms with Crippen LogP contribution in [0.3, 0.4) is 0 Å². The summed E-state index contributed by atoms with van der Waals surface area (Å²) in [5.74, 6) is 1.12. The quantitative estimate of drug-likeness (QED) is 0.501. The topological polar surface area (TPSA) is 57.7 Å². The second-order valence-corrected chi connectivity index (χ2v) is 8.43. The number of thiazole rings is 1. The van der Waals surface area contributed by atoms with Crippen molar-refractivity contribution < 1.29 is 19.0 Å². The largest absolute Gasteiger partial charge is 0.493 e. The molecule has 4 rings (SSSR count). The summed E-state index contributed by atoms with van der Waals surface area (Å²) in [6.07, 6.45) is 3.34. The molecule has 7 heteroatoms. The van der Waals surface area contributed by atoms with Gasteiger partial charge in [-0.1, -0.05) is 0 Å². The molecule has 0 radical (unpaired) electrons. The molecule has 5 nitrogen and oxygen atoms in total. The van der Waals surface area contributed by atoms with Crippen molar-refractivity contribution in [3.63, 3.8) is 0 Å². The van der Waals surface area contributed by atoms with Crippen molar-refractivity contribution in [2.24, 2.45) is 0 Å². The molecule has 1 aliphatic carbocycles. The Labute approximate surface area is 171 Å². The predicted molar refractivity (Wildman–Crippen MR) is 111 cm³/mol. The molecule has 2 aromatic heterocycles. The SMILES string of the molecule is CCOc1ccc(-c2nc(COC(=O)c3cc4c(s3)CCC4)cs2)cc1OC. The van der Waals surface area contributed by atoms with Gasteiger partial charge in [0.15, 0.2) is 11.5 Å². The standard InChI is InChI=1S/C21H21NO4S2/c1-3-25-16-8-7-14(9-17(16)24-2)20-22-15(12-27-20)11-26-21(23)19-10-13-5-4-6-18(13)28-19/h7-10,12H,3-6,11H2,1-2H3. The number of esters is 1. The van der Waals surface area contributed by atoms with Crippen LogP contribution >= 0.6 is 22.7 Å². The summed E-state index contributed by atoms with van der Waals surface area (Å²) in [6.45, 7) is 2.69. The lowest BCUT2D eigenvalue weighted by atomic mass is 10.2. The molecule has 0 N–H and O–H groups in total. The third-order valence-corrected chi connectivity index (χ3v) is 6.72. The Kier molecular flexibility index (Phi) is 5.64. The summed E-state index contributed by atoms with van der Waals surface area (Å²) in [6, 6.07) is 7.73. The molecule has 0 saturated heterocycles. The smallest absolute Gasteiger partial charge is 0.348 e. The van der Waals surface area contributed by atoms with E-state index in [-0.39, 0.29) is 12.6 Å². The van der Waals surface area contributed by atoms with Crippen molar-refractivity contribution in [3.05, 3.63) is 50.7 Å². The van der Waals surface area contributed by atoms with Crippen LogP contribution in [0, 0.1) is 0 Å². The number of fused-ring (bicyclic) bond motifs is 1. The van der Waals surface area contributed by atoms with Crippen molar-refractivity contribution in [1.29, 1.82) is 0 Å². The molecule has 0 saturated carbocycles. The van der Waals surface area contributed by atoms with E-state index in [4.69, 9.17) is 14.2 Å². The molecule has 1 aromatic carbocycles. The Morgan fingerprint density at radius 1 is 1.21 bits per heavy atom. The fourth-order valence-electron chi connectivity index (χ4n) is 3.22. The highest BCUT2D eigenvalue weighted by molar-refractivity contribution is 7.14. The Morgan fingerprint density at radius 2 is 2.11 bits per heavy atom. The van der Waals surface area contributed by atoms with Crippen LogP contribution in [0.25, 0.3) is 10.6 Å². The van der Waals surface area contributed by atoms with E-state index in [1.807, 2.05) is 36.6 Å². The summed E-state index contributed by atoms with van der Waals surface area (Å²) in [4.78, 5) is 18.9. The van der Waals surface area contributed by atoms with Crippen LogP contribution in [0.15, 0.2) is 29.6 Å². The first-order valence-corrected chi connectivity index (χ1v) is 10.9. The van der Waals surface area contributed by atoms with Crippen molar-refractivity contribution in [3.8, 4) is 22.1 Å². The lowest BCUT2D eigenvalue weighted by Gasteiger charge is -2.09. The molecule has 0 spiro atoms. The minimum absolute atomic E-state index is 0.173. The molecule has 1 aliphatic rings. The van der Waals surface area contributed by atoms with E-state index in [9.17, 15) is 4.79 Å². The van der Waals surface area contributed by atoms with Gasteiger partial charge in [-0.2, -0.15) is 0 Å². The monoisotopic (exact) mass is 415 g/mol. The van der Waals surface area contributed by atoms with Crippen molar-refractivity contribution in [2.75, 3.05) is 13.7 Å². The van der Waals surface area contributed by atoms with Gasteiger partial charge >= 0.3 is 5.97 Å². The number of rotatable bonds is 7. The molecule has 0 amide bonds. The highest BCUT2D eigenvalue weighted by atomic mass is 32.1. The molecule has 28 heavy (non-hydrogen) atoms. The summed E-state index contributed by atoms with van der Waals surface area (Å²) < 4.78 is 16.4. The van der Waals surface area contributed by atoms with E-state index in [1.165, 1.54) is 28.2 Å². The van der Waals surface area contributed by atoms with Crippen LogP contribution in [0.5, 0.6) is 11.5 Å². The number of nitrogens with zero attached hydrogens (tertiary/aromatic N) is 1. The summed E-state index contributed by atoms with van der Waals surface area (Å²) >= 11 is 3.07. The lowest BCUT2D eigenvalue weighted by Crippen LogP contribution is -2.03. The summed E-state index contributed by atoms with van der Waals surface area (Å²) in [7, 11) is 1.62. The molecular formula is C21H21NO4S2. The number of ether oxygens (including phenoxy) is 3. The van der Waals surface area contributed by atoms with Gasteiger partial charge in [0.2, 0.25) is 0 Å². The van der Waals surface area contributed by atoms with E-state index < -0.39 is 0 Å². The van der Waals surface area contributed by atoms with Crippen molar-refractivity contribution in [2.45, 2.75) is 32.8 Å². The summed E-state index contributed by atoms with van der Waals surface area (Å²) in [5, 5.41) is 2.77. The van der Waals surface area contributed by atoms with Gasteiger partial charge in [-0.3, -0.25) is 0 Å². The first kappa shape index (κ1) is 19.0. The molecule has 0 unspecified atom stereocenters. The van der Waals surface area contributed by atoms with E-state index in [0.29, 0.717) is 23.0 Å². The van der Waals surface area contributed by atoms with Gasteiger partial charge in [-0.25, -0.2) is 9.78 Å². The molecule has 0 bridgehead atoms. The number of benzene rings is 1. The molecule has 0 atom stereocenters. The van der Waals surface area contributed by atoms with E-state index in [1.54, 1.807) is 18.4 Å². The van der Waals surface area contributed by atoms with Gasteiger partial charge < -0.3 is 14.2 Å². The zero-order valence-corrected chi connectivity index (χ0v) is 17.5. The van der Waals surface area contributed by atoms with Crippen LogP contribution < -0.4 is 9.47 Å².